The Morgan fingerprint density at radius 2 is 1.85 bits per heavy atom. The quantitative estimate of drug-likeness (QED) is 0.584. The van der Waals surface area contributed by atoms with E-state index in [1.807, 2.05) is 43.3 Å². The minimum Gasteiger partial charge on any atom is -0.497 e. The topological polar surface area (TPSA) is 92.8 Å². The number of hydrogen-bond donors (Lipinski definition) is 1. The lowest BCUT2D eigenvalue weighted by Crippen LogP contribution is -2.35. The van der Waals surface area contributed by atoms with E-state index in [2.05, 4.69) is 0 Å². The minimum atomic E-state index is -0.757. The number of ether oxygens (including phenoxy) is 3. The fraction of sp³-hybridized carbons (Fsp3) is 0.231. The van der Waals surface area contributed by atoms with E-state index in [0.29, 0.717) is 35.6 Å². The third kappa shape index (κ3) is 4.22. The smallest absolute Gasteiger partial charge is 0.340 e. The average Bonchev–Trinajstić information content (AvgIpc) is 2.83. The van der Waals surface area contributed by atoms with Gasteiger partial charge in [-0.15, -0.1) is 0 Å². The molecule has 2 aromatic carbocycles. The summed E-state index contributed by atoms with van der Waals surface area (Å²) >= 11 is 0. The first-order chi connectivity index (χ1) is 15.9. The Balaban J connectivity index is 1.87. The molecule has 0 bridgehead atoms. The molecule has 0 spiro atoms. The monoisotopic (exact) mass is 446 g/mol. The molecule has 0 unspecified atom stereocenters. The number of fused-ring (bicyclic) bond motifs is 1. The Kier molecular flexibility index (Phi) is 6.22. The number of hydrogen-bond acceptors (Lipinski definition) is 6. The van der Waals surface area contributed by atoms with Gasteiger partial charge in [0.1, 0.15) is 17.1 Å². The van der Waals surface area contributed by atoms with E-state index in [4.69, 9.17) is 19.9 Å². The minimum absolute atomic E-state index is 0.0806. The first-order valence-corrected chi connectivity index (χ1v) is 10.6. The lowest BCUT2D eigenvalue weighted by Gasteiger charge is -2.29. The van der Waals surface area contributed by atoms with Gasteiger partial charge >= 0.3 is 5.97 Å². The van der Waals surface area contributed by atoms with Crippen LogP contribution in [-0.4, -0.2) is 24.8 Å². The van der Waals surface area contributed by atoms with Crippen LogP contribution in [0, 0.1) is 6.92 Å². The SMILES string of the molecule is COC(=O)C1=C(N)Oc2cc(C)n(CCc3ccccc3)c(=O)c2[C@H]1c1cccc(OC)c1. The first kappa shape index (κ1) is 22.2. The molecule has 1 atom stereocenters. The second-order valence-electron chi connectivity index (χ2n) is 7.84. The van der Waals surface area contributed by atoms with E-state index >= 15 is 0 Å². The predicted octanol–water partition coefficient (Wildman–Crippen LogP) is 3.28. The van der Waals surface area contributed by atoms with Gasteiger partial charge in [-0.1, -0.05) is 42.5 Å². The van der Waals surface area contributed by atoms with Gasteiger partial charge in [0.15, 0.2) is 0 Å². The number of nitrogens with zero attached hydrogens (tertiary/aromatic N) is 1. The van der Waals surface area contributed by atoms with Gasteiger partial charge in [0.05, 0.1) is 25.7 Å². The zero-order valence-electron chi connectivity index (χ0n) is 18.8. The molecule has 0 saturated carbocycles. The summed E-state index contributed by atoms with van der Waals surface area (Å²) in [6, 6.07) is 19.0. The maximum absolute atomic E-state index is 13.8. The van der Waals surface area contributed by atoms with Crippen molar-refractivity contribution >= 4 is 5.97 Å². The van der Waals surface area contributed by atoms with E-state index in [1.165, 1.54) is 7.11 Å². The van der Waals surface area contributed by atoms with E-state index in [0.717, 1.165) is 11.3 Å². The second-order valence-corrected chi connectivity index (χ2v) is 7.84. The van der Waals surface area contributed by atoms with Crippen molar-refractivity contribution in [2.75, 3.05) is 14.2 Å². The number of methoxy groups -OCH3 is 2. The van der Waals surface area contributed by atoms with Crippen molar-refractivity contribution in [3.05, 3.63) is 105 Å². The van der Waals surface area contributed by atoms with Crippen LogP contribution >= 0.6 is 0 Å². The van der Waals surface area contributed by atoms with Crippen LogP contribution in [-0.2, 0) is 22.5 Å². The summed E-state index contributed by atoms with van der Waals surface area (Å²) in [5.41, 5.74) is 8.91. The molecule has 0 radical (unpaired) electrons. The van der Waals surface area contributed by atoms with Crippen LogP contribution in [0.5, 0.6) is 11.5 Å². The van der Waals surface area contributed by atoms with Crippen molar-refractivity contribution in [1.82, 2.24) is 4.57 Å². The molecule has 0 amide bonds. The van der Waals surface area contributed by atoms with E-state index < -0.39 is 11.9 Å². The van der Waals surface area contributed by atoms with Crippen LogP contribution in [0.2, 0.25) is 0 Å². The predicted molar refractivity (Wildman–Crippen MR) is 124 cm³/mol. The molecule has 33 heavy (non-hydrogen) atoms. The summed E-state index contributed by atoms with van der Waals surface area (Å²) in [6.07, 6.45) is 0.687. The Morgan fingerprint density at radius 1 is 1.09 bits per heavy atom. The standard InChI is InChI=1S/C26H26N2O5/c1-16-14-20-22(25(29)28(16)13-12-17-8-5-4-6-9-17)21(18-10-7-11-19(15-18)31-2)23(24(27)33-20)26(30)32-3/h4-11,14-15,21H,12-13,27H2,1-3H3/t21-/m1/s1. The zero-order valence-corrected chi connectivity index (χ0v) is 18.8. The molecule has 3 aromatic rings. The molecular weight excluding hydrogens is 420 g/mol. The highest BCUT2D eigenvalue weighted by Crippen LogP contribution is 2.42. The molecule has 7 heteroatoms. The van der Waals surface area contributed by atoms with Crippen LogP contribution in [0.4, 0.5) is 0 Å². The normalized spacial score (nSPS) is 14.9. The fourth-order valence-electron chi connectivity index (χ4n) is 4.21. The molecule has 0 fully saturated rings. The van der Waals surface area contributed by atoms with Gasteiger partial charge in [-0.25, -0.2) is 4.79 Å². The molecular formula is C26H26N2O5. The maximum atomic E-state index is 13.8. The lowest BCUT2D eigenvalue weighted by atomic mass is 9.83. The van der Waals surface area contributed by atoms with Crippen LogP contribution in [0.25, 0.3) is 0 Å². The highest BCUT2D eigenvalue weighted by molar-refractivity contribution is 5.92. The van der Waals surface area contributed by atoms with Crippen molar-refractivity contribution in [3.8, 4) is 11.5 Å². The summed E-state index contributed by atoms with van der Waals surface area (Å²) in [6.45, 7) is 2.34. The summed E-state index contributed by atoms with van der Waals surface area (Å²) in [5.74, 6) is -0.552. The number of benzene rings is 2. The summed E-state index contributed by atoms with van der Waals surface area (Å²) in [5, 5.41) is 0. The van der Waals surface area contributed by atoms with Crippen molar-refractivity contribution in [2.45, 2.75) is 25.8 Å². The Labute approximate surface area is 192 Å². The van der Waals surface area contributed by atoms with E-state index in [1.54, 1.807) is 35.9 Å². The fourth-order valence-corrected chi connectivity index (χ4v) is 4.21. The van der Waals surface area contributed by atoms with Crippen LogP contribution in [0.1, 0.15) is 28.3 Å². The second kappa shape index (κ2) is 9.24. The van der Waals surface area contributed by atoms with Crippen molar-refractivity contribution in [1.29, 1.82) is 0 Å². The molecule has 2 N–H and O–H groups in total. The number of carbonyl (C=O) groups is 1. The van der Waals surface area contributed by atoms with Crippen LogP contribution in [0.3, 0.4) is 0 Å². The summed E-state index contributed by atoms with van der Waals surface area (Å²) in [4.78, 5) is 26.5. The Morgan fingerprint density at radius 3 is 2.55 bits per heavy atom. The maximum Gasteiger partial charge on any atom is 0.340 e. The summed E-state index contributed by atoms with van der Waals surface area (Å²) < 4.78 is 17.8. The number of pyridine rings is 1. The van der Waals surface area contributed by atoms with Crippen LogP contribution < -0.4 is 20.8 Å². The number of aryl methyl sites for hydroxylation is 2. The highest BCUT2D eigenvalue weighted by atomic mass is 16.5. The van der Waals surface area contributed by atoms with Gasteiger partial charge in [0.25, 0.3) is 5.56 Å². The lowest BCUT2D eigenvalue weighted by molar-refractivity contribution is -0.136. The molecule has 1 aliphatic rings. The summed E-state index contributed by atoms with van der Waals surface area (Å²) in [7, 11) is 2.83. The zero-order chi connectivity index (χ0) is 23.5. The molecule has 170 valence electrons. The molecule has 0 saturated heterocycles. The Bertz CT molecular complexity index is 1280. The molecule has 2 heterocycles. The van der Waals surface area contributed by atoms with Gasteiger partial charge in [0.2, 0.25) is 5.88 Å². The molecule has 0 aliphatic carbocycles. The van der Waals surface area contributed by atoms with Crippen molar-refractivity contribution in [3.63, 3.8) is 0 Å². The number of esters is 1. The van der Waals surface area contributed by atoms with Gasteiger partial charge in [0, 0.05) is 18.3 Å². The number of aromatic nitrogens is 1. The number of carbonyl (C=O) groups excluding carboxylic acids is 1. The van der Waals surface area contributed by atoms with E-state index in [-0.39, 0.29) is 17.0 Å². The molecule has 1 aliphatic heterocycles. The van der Waals surface area contributed by atoms with Gasteiger partial charge in [-0.2, -0.15) is 0 Å². The molecule has 7 nitrogen and oxygen atoms in total. The van der Waals surface area contributed by atoms with E-state index in [9.17, 15) is 9.59 Å². The van der Waals surface area contributed by atoms with Crippen molar-refractivity contribution < 1.29 is 19.0 Å². The number of nitrogens with two attached hydrogens (primary N) is 1. The van der Waals surface area contributed by atoms with Gasteiger partial charge in [-0.05, 0) is 36.6 Å². The van der Waals surface area contributed by atoms with Gasteiger partial charge in [-0.3, -0.25) is 4.79 Å². The highest BCUT2D eigenvalue weighted by Gasteiger charge is 2.38. The molecule has 4 rings (SSSR count). The van der Waals surface area contributed by atoms with Crippen molar-refractivity contribution in [2.24, 2.45) is 5.73 Å². The average molecular weight is 447 g/mol. The Hall–Kier alpha value is -4.00. The third-order valence-electron chi connectivity index (χ3n) is 5.87. The molecule has 1 aromatic heterocycles. The van der Waals surface area contributed by atoms with Gasteiger partial charge < -0.3 is 24.5 Å². The number of rotatable bonds is 6. The largest absolute Gasteiger partial charge is 0.497 e. The van der Waals surface area contributed by atoms with Crippen LogP contribution in [0.15, 0.2) is 76.9 Å². The first-order valence-electron chi connectivity index (χ1n) is 10.6. The third-order valence-corrected chi connectivity index (χ3v) is 5.87.